The van der Waals surface area contributed by atoms with Crippen molar-refractivity contribution in [2.45, 2.75) is 32.1 Å². The van der Waals surface area contributed by atoms with Crippen LogP contribution in [0.3, 0.4) is 0 Å². The Labute approximate surface area is 335 Å². The number of alkyl halides is 3. The normalized spacial score (nSPS) is 11.3. The highest BCUT2D eigenvalue weighted by atomic mass is 19.4. The summed E-state index contributed by atoms with van der Waals surface area (Å²) in [6, 6.07) is 19.4. The lowest BCUT2D eigenvalue weighted by Crippen LogP contribution is -2.17. The molecule has 0 aliphatic carbocycles. The van der Waals surface area contributed by atoms with Gasteiger partial charge in [0.25, 0.3) is 0 Å². The molecule has 8 rings (SSSR count). The zero-order valence-corrected chi connectivity index (χ0v) is 30.9. The SMILES string of the molecule is Nc1cnc(-c2cc(-c3ccon3)n(Cc3ccccc3F)n2)nc1N.Nc1nc(-c2cc(-c3ccon3)n(Cc3ccccc3F)n2)ncc1NC(=O)CCC(F)(F)F. The zero-order valence-electron chi connectivity index (χ0n) is 30.9. The zero-order chi connectivity index (χ0) is 42.4. The van der Waals surface area contributed by atoms with Crippen LogP contribution in [-0.4, -0.2) is 61.9 Å². The van der Waals surface area contributed by atoms with E-state index < -0.39 is 30.7 Å². The largest absolute Gasteiger partial charge is 0.394 e. The minimum Gasteiger partial charge on any atom is -0.394 e. The first-order valence-corrected chi connectivity index (χ1v) is 17.6. The number of anilines is 4. The Hall–Kier alpha value is -8.04. The van der Waals surface area contributed by atoms with Crippen LogP contribution in [0.15, 0.2) is 107 Å². The van der Waals surface area contributed by atoms with Gasteiger partial charge in [0.1, 0.15) is 52.6 Å². The van der Waals surface area contributed by atoms with Crippen LogP contribution in [0.4, 0.5) is 45.0 Å². The summed E-state index contributed by atoms with van der Waals surface area (Å²) in [6.45, 7) is 0.289. The maximum atomic E-state index is 14.2. The van der Waals surface area contributed by atoms with E-state index in [0.717, 1.165) is 0 Å². The Morgan fingerprint density at radius 1 is 0.683 bits per heavy atom. The number of carbonyl (C=O) groups is 1. The molecule has 0 bridgehead atoms. The van der Waals surface area contributed by atoms with Crippen LogP contribution in [-0.2, 0) is 17.9 Å². The van der Waals surface area contributed by atoms with Crippen molar-refractivity contribution in [2.75, 3.05) is 22.5 Å². The number of amides is 1. The highest BCUT2D eigenvalue weighted by Crippen LogP contribution is 2.29. The fraction of sp³-hybridized carbons (Fsp3) is 0.132. The molecule has 6 aromatic heterocycles. The molecule has 0 atom stereocenters. The molecule has 6 heterocycles. The lowest BCUT2D eigenvalue weighted by atomic mass is 10.2. The summed E-state index contributed by atoms with van der Waals surface area (Å²) in [5.74, 6) is -1.18. The Morgan fingerprint density at radius 2 is 1.18 bits per heavy atom. The third-order valence-corrected chi connectivity index (χ3v) is 8.55. The van der Waals surface area contributed by atoms with Crippen molar-refractivity contribution in [3.05, 3.63) is 120 Å². The van der Waals surface area contributed by atoms with Crippen LogP contribution in [0.5, 0.6) is 0 Å². The van der Waals surface area contributed by atoms with Gasteiger partial charge in [0.05, 0.1) is 49.0 Å². The second kappa shape index (κ2) is 17.2. The minimum absolute atomic E-state index is 0.0292. The van der Waals surface area contributed by atoms with Crippen LogP contribution in [0.2, 0.25) is 0 Å². The Bertz CT molecular complexity index is 2730. The second-order valence-electron chi connectivity index (χ2n) is 12.8. The van der Waals surface area contributed by atoms with Crippen LogP contribution < -0.4 is 22.5 Å². The van der Waals surface area contributed by atoms with Crippen LogP contribution in [0, 0.1) is 11.6 Å². The first-order chi connectivity index (χ1) is 28.8. The Morgan fingerprint density at radius 3 is 1.63 bits per heavy atom. The molecule has 0 saturated heterocycles. The van der Waals surface area contributed by atoms with Gasteiger partial charge >= 0.3 is 6.18 Å². The van der Waals surface area contributed by atoms with Crippen molar-refractivity contribution in [3.8, 4) is 45.8 Å². The Balaban J connectivity index is 0.000000188. The summed E-state index contributed by atoms with van der Waals surface area (Å²) < 4.78 is 78.1. The predicted octanol–water partition coefficient (Wildman–Crippen LogP) is 6.39. The highest BCUT2D eigenvalue weighted by molar-refractivity contribution is 5.93. The molecule has 22 heteroatoms. The molecule has 17 nitrogen and oxygen atoms in total. The lowest BCUT2D eigenvalue weighted by molar-refractivity contribution is -0.142. The standard InChI is InChI=1S/C21H17F4N7O2.C17H14FN7O/c22-13-4-2-1-3-12(13)11-32-17(14-6-8-34-31-14)9-15(30-32)20-27-10-16(19(26)29-20)28-18(33)5-7-21(23,24)25;18-11-4-2-1-3-10(11)9-25-15(13-5-6-26-24-13)7-14(23-25)17-21-8-12(19)16(20)22-17/h1-4,6,8-10H,5,7,11H2,(H,28,33)(H2,26,27,29);1-8H,9,19H2,(H2,20,21,22). The van der Waals surface area contributed by atoms with Crippen molar-refractivity contribution in [1.82, 2.24) is 49.8 Å². The van der Waals surface area contributed by atoms with Crippen LogP contribution in [0.25, 0.3) is 45.8 Å². The van der Waals surface area contributed by atoms with E-state index in [-0.39, 0.29) is 53.4 Å². The van der Waals surface area contributed by atoms with Gasteiger partial charge in [-0.3, -0.25) is 14.2 Å². The summed E-state index contributed by atoms with van der Waals surface area (Å²) in [6.07, 6.45) is -1.05. The van der Waals surface area contributed by atoms with Gasteiger partial charge in [0.15, 0.2) is 23.3 Å². The molecule has 0 aliphatic rings. The predicted molar refractivity (Wildman–Crippen MR) is 206 cm³/mol. The van der Waals surface area contributed by atoms with Crippen molar-refractivity contribution < 1.29 is 35.8 Å². The maximum Gasteiger partial charge on any atom is 0.389 e. The van der Waals surface area contributed by atoms with E-state index in [4.69, 9.17) is 26.2 Å². The summed E-state index contributed by atoms with van der Waals surface area (Å²) in [5.41, 5.74) is 21.3. The molecular weight excluding hydrogens is 796 g/mol. The number of nitrogen functional groups attached to an aromatic ring is 3. The van der Waals surface area contributed by atoms with Crippen molar-refractivity contribution in [1.29, 1.82) is 0 Å². The third kappa shape index (κ3) is 9.55. The smallest absolute Gasteiger partial charge is 0.389 e. The van der Waals surface area contributed by atoms with E-state index in [0.29, 0.717) is 45.4 Å². The van der Waals surface area contributed by atoms with Gasteiger partial charge in [-0.2, -0.15) is 23.4 Å². The number of aromatic nitrogens is 10. The van der Waals surface area contributed by atoms with Crippen LogP contribution >= 0.6 is 0 Å². The van der Waals surface area contributed by atoms with Gasteiger partial charge in [0.2, 0.25) is 5.91 Å². The average molecular weight is 827 g/mol. The third-order valence-electron chi connectivity index (χ3n) is 8.55. The first-order valence-electron chi connectivity index (χ1n) is 17.6. The quantitative estimate of drug-likeness (QED) is 0.103. The van der Waals surface area contributed by atoms with Gasteiger partial charge in [-0.25, -0.2) is 28.7 Å². The lowest BCUT2D eigenvalue weighted by Gasteiger charge is -2.09. The molecule has 0 radical (unpaired) electrons. The number of carbonyl (C=O) groups excluding carboxylic acids is 1. The van der Waals surface area contributed by atoms with E-state index in [2.05, 4.69) is 45.8 Å². The number of hydrogen-bond donors (Lipinski definition) is 4. The number of rotatable bonds is 11. The molecule has 2 aromatic carbocycles. The fourth-order valence-electron chi connectivity index (χ4n) is 5.58. The van der Waals surface area contributed by atoms with E-state index in [9.17, 15) is 26.7 Å². The second-order valence-corrected chi connectivity index (χ2v) is 12.8. The van der Waals surface area contributed by atoms with Gasteiger partial charge in [-0.05, 0) is 24.3 Å². The van der Waals surface area contributed by atoms with Gasteiger partial charge < -0.3 is 31.6 Å². The average Bonchev–Trinajstić information content (AvgIpc) is 4.06. The highest BCUT2D eigenvalue weighted by Gasteiger charge is 2.28. The number of halogens is 5. The van der Waals surface area contributed by atoms with E-state index in [1.54, 1.807) is 65.3 Å². The first kappa shape index (κ1) is 40.2. The molecule has 0 saturated carbocycles. The van der Waals surface area contributed by atoms with E-state index in [1.807, 2.05) is 0 Å². The van der Waals surface area contributed by atoms with Crippen molar-refractivity contribution >= 4 is 28.9 Å². The van der Waals surface area contributed by atoms with Crippen molar-refractivity contribution in [3.63, 3.8) is 0 Å². The molecule has 0 spiro atoms. The van der Waals surface area contributed by atoms with Gasteiger partial charge in [-0.15, -0.1) is 0 Å². The molecule has 0 aliphatic heterocycles. The van der Waals surface area contributed by atoms with Crippen LogP contribution in [0.1, 0.15) is 24.0 Å². The van der Waals surface area contributed by atoms with E-state index >= 15 is 0 Å². The molecular formula is C38H31F5N14O3. The molecule has 7 N–H and O–H groups in total. The molecule has 8 aromatic rings. The Kier molecular flexibility index (Phi) is 11.5. The molecule has 60 heavy (non-hydrogen) atoms. The summed E-state index contributed by atoms with van der Waals surface area (Å²) in [4.78, 5) is 28.3. The summed E-state index contributed by atoms with van der Waals surface area (Å²) >= 11 is 0. The molecule has 0 fully saturated rings. The topological polar surface area (TPSA) is 246 Å². The van der Waals surface area contributed by atoms with E-state index in [1.165, 1.54) is 41.7 Å². The van der Waals surface area contributed by atoms with Gasteiger partial charge in [-0.1, -0.05) is 46.7 Å². The monoisotopic (exact) mass is 826 g/mol. The number of nitrogens with zero attached hydrogens (tertiary/aromatic N) is 10. The number of benzene rings is 2. The molecule has 306 valence electrons. The minimum atomic E-state index is -4.45. The fourth-order valence-corrected chi connectivity index (χ4v) is 5.58. The van der Waals surface area contributed by atoms with Gasteiger partial charge in [0, 0.05) is 29.7 Å². The molecule has 1 amide bonds. The van der Waals surface area contributed by atoms with Crippen molar-refractivity contribution in [2.24, 2.45) is 0 Å². The number of nitrogens with one attached hydrogen (secondary N) is 1. The number of nitrogens with two attached hydrogens (primary N) is 3. The maximum absolute atomic E-state index is 14.2. The summed E-state index contributed by atoms with van der Waals surface area (Å²) in [7, 11) is 0. The number of hydrogen-bond acceptors (Lipinski definition) is 14. The molecule has 0 unspecified atom stereocenters. The summed E-state index contributed by atoms with van der Waals surface area (Å²) in [5, 5.41) is 19.0.